The topological polar surface area (TPSA) is 79.6 Å². The Hall–Kier alpha value is -3.72. The minimum absolute atomic E-state index is 0.0112. The number of nitrogens with one attached hydrogen (secondary N) is 2. The van der Waals surface area contributed by atoms with E-state index in [2.05, 4.69) is 15.6 Å². The fourth-order valence-corrected chi connectivity index (χ4v) is 4.89. The monoisotopic (exact) mass is 532 g/mol. The van der Waals surface area contributed by atoms with Gasteiger partial charge < -0.3 is 24.7 Å². The van der Waals surface area contributed by atoms with E-state index in [4.69, 9.17) is 33.0 Å². The van der Waals surface area contributed by atoms with Crippen LogP contribution in [0.4, 0.5) is 11.4 Å². The van der Waals surface area contributed by atoms with Crippen LogP contribution in [0.25, 0.3) is 11.3 Å². The van der Waals surface area contributed by atoms with E-state index >= 15 is 0 Å². The number of carbonyl (C=O) groups excluding carboxylic acids is 1. The molecule has 2 aromatic carbocycles. The fourth-order valence-electron chi connectivity index (χ4n) is 4.37. The number of aromatic nitrogens is 1. The Balaban J connectivity index is 1.51. The molecule has 5 rings (SSSR count). The summed E-state index contributed by atoms with van der Waals surface area (Å²) >= 11 is 12.2. The molecule has 188 valence electrons. The van der Waals surface area contributed by atoms with E-state index in [9.17, 15) is 4.79 Å². The molecule has 1 amide bonds. The van der Waals surface area contributed by atoms with Crippen LogP contribution < -0.4 is 15.5 Å². The Kier molecular flexibility index (Phi) is 7.23. The molecule has 0 spiro atoms. The molecule has 4 aromatic rings. The van der Waals surface area contributed by atoms with Crippen molar-refractivity contribution in [2.24, 2.45) is 0 Å². The van der Waals surface area contributed by atoms with Crippen LogP contribution in [0.15, 0.2) is 83.4 Å². The number of nitrogens with zero attached hydrogens (tertiary/aromatic N) is 2. The third-order valence-electron chi connectivity index (χ3n) is 6.18. The average Bonchev–Trinajstić information content (AvgIpc) is 3.51. The second-order valence-corrected chi connectivity index (χ2v) is 9.48. The van der Waals surface area contributed by atoms with Crippen molar-refractivity contribution >= 4 is 46.2 Å². The zero-order valence-corrected chi connectivity index (χ0v) is 21.8. The molecular formula is C28H25ClN4O3S. The van der Waals surface area contributed by atoms with Crippen molar-refractivity contribution in [3.8, 4) is 11.3 Å². The maximum Gasteiger partial charge on any atom is 0.250 e. The Morgan fingerprint density at radius 1 is 1.16 bits per heavy atom. The van der Waals surface area contributed by atoms with Gasteiger partial charge in [0.2, 0.25) is 5.91 Å². The van der Waals surface area contributed by atoms with Crippen molar-refractivity contribution < 1.29 is 13.9 Å². The number of anilines is 2. The molecule has 2 aromatic heterocycles. The molecule has 1 aliphatic rings. The summed E-state index contributed by atoms with van der Waals surface area (Å²) in [5.41, 5.74) is 4.26. The molecule has 3 heterocycles. The van der Waals surface area contributed by atoms with Gasteiger partial charge in [0.25, 0.3) is 0 Å². The predicted molar refractivity (Wildman–Crippen MR) is 149 cm³/mol. The van der Waals surface area contributed by atoms with Crippen molar-refractivity contribution in [2.75, 3.05) is 23.9 Å². The number of benzene rings is 2. The summed E-state index contributed by atoms with van der Waals surface area (Å²) in [4.78, 5) is 18.5. The van der Waals surface area contributed by atoms with E-state index in [-0.39, 0.29) is 24.6 Å². The Bertz CT molecular complexity index is 1430. The van der Waals surface area contributed by atoms with Crippen LogP contribution >= 0.6 is 23.8 Å². The number of hydrogen-bond acceptors (Lipinski definition) is 5. The average molecular weight is 533 g/mol. The Labute approximate surface area is 225 Å². The number of thiocarbonyl (C=S) groups is 1. The minimum Gasteiger partial charge on any atom is -0.459 e. The van der Waals surface area contributed by atoms with Gasteiger partial charge in [0.15, 0.2) is 5.11 Å². The van der Waals surface area contributed by atoms with Crippen LogP contribution in [0.1, 0.15) is 29.1 Å². The quantitative estimate of drug-likeness (QED) is 0.280. The van der Waals surface area contributed by atoms with Gasteiger partial charge in [0, 0.05) is 35.3 Å². The fraction of sp³-hybridized carbons (Fsp3) is 0.179. The predicted octanol–water partition coefficient (Wildman–Crippen LogP) is 6.07. The lowest BCUT2D eigenvalue weighted by Crippen LogP contribution is -2.29. The van der Waals surface area contributed by atoms with Gasteiger partial charge in [-0.2, -0.15) is 0 Å². The molecule has 2 atom stereocenters. The lowest BCUT2D eigenvalue weighted by molar-refractivity contribution is -0.119. The molecule has 0 bridgehead atoms. The van der Waals surface area contributed by atoms with E-state index in [1.807, 2.05) is 84.6 Å². The second-order valence-electron chi connectivity index (χ2n) is 8.69. The molecule has 1 aliphatic heterocycles. The van der Waals surface area contributed by atoms with Gasteiger partial charge >= 0.3 is 0 Å². The van der Waals surface area contributed by atoms with E-state index in [0.717, 1.165) is 28.3 Å². The highest BCUT2D eigenvalue weighted by molar-refractivity contribution is 7.80. The number of methoxy groups -OCH3 is 1. The first-order chi connectivity index (χ1) is 17.9. The van der Waals surface area contributed by atoms with Crippen molar-refractivity contribution in [3.05, 3.63) is 101 Å². The van der Waals surface area contributed by atoms with Crippen molar-refractivity contribution in [1.82, 2.24) is 10.3 Å². The molecule has 2 N–H and O–H groups in total. The molecule has 9 heteroatoms. The molecule has 1 saturated heterocycles. The summed E-state index contributed by atoms with van der Waals surface area (Å²) in [6, 6.07) is 22.5. The Morgan fingerprint density at radius 3 is 2.68 bits per heavy atom. The highest BCUT2D eigenvalue weighted by atomic mass is 35.5. The number of furan rings is 1. The zero-order chi connectivity index (χ0) is 25.9. The number of amides is 1. The molecule has 0 aliphatic carbocycles. The minimum atomic E-state index is -0.300. The SMILES string of the molecule is COCC(=O)Nc1ccc(N2C(=S)N[C@@H](c3ccccn3)[C@H]2c2ccc(-c3ccc(C)c(Cl)c3)o2)cc1. The first-order valence-corrected chi connectivity index (χ1v) is 12.5. The summed E-state index contributed by atoms with van der Waals surface area (Å²) < 4.78 is 11.3. The number of halogens is 1. The van der Waals surface area contributed by atoms with Crippen molar-refractivity contribution in [3.63, 3.8) is 0 Å². The van der Waals surface area contributed by atoms with Crippen LogP contribution in [-0.2, 0) is 9.53 Å². The number of hydrogen-bond donors (Lipinski definition) is 2. The number of rotatable bonds is 7. The summed E-state index contributed by atoms with van der Waals surface area (Å²) in [6.07, 6.45) is 1.76. The van der Waals surface area contributed by atoms with Gasteiger partial charge in [0.05, 0.1) is 11.7 Å². The van der Waals surface area contributed by atoms with Crippen LogP contribution in [0.5, 0.6) is 0 Å². The molecule has 0 unspecified atom stereocenters. The van der Waals surface area contributed by atoms with Gasteiger partial charge in [-0.3, -0.25) is 9.78 Å². The maximum absolute atomic E-state index is 11.9. The smallest absolute Gasteiger partial charge is 0.250 e. The van der Waals surface area contributed by atoms with E-state index in [1.54, 1.807) is 6.20 Å². The third kappa shape index (κ3) is 5.22. The lowest BCUT2D eigenvalue weighted by atomic mass is 10.0. The molecule has 7 nitrogen and oxygen atoms in total. The highest BCUT2D eigenvalue weighted by Crippen LogP contribution is 2.43. The highest BCUT2D eigenvalue weighted by Gasteiger charge is 2.42. The summed E-state index contributed by atoms with van der Waals surface area (Å²) in [5, 5.41) is 7.47. The second kappa shape index (κ2) is 10.7. The summed E-state index contributed by atoms with van der Waals surface area (Å²) in [5.74, 6) is 1.22. The number of carbonyl (C=O) groups is 1. The van der Waals surface area contributed by atoms with Crippen LogP contribution in [0.2, 0.25) is 5.02 Å². The molecule has 1 fully saturated rings. The van der Waals surface area contributed by atoms with E-state index < -0.39 is 0 Å². The normalized spacial score (nSPS) is 17.1. The van der Waals surface area contributed by atoms with Crippen LogP contribution in [0, 0.1) is 6.92 Å². The Morgan fingerprint density at radius 2 is 1.97 bits per heavy atom. The molecule has 0 radical (unpaired) electrons. The number of pyridine rings is 1. The molecule has 37 heavy (non-hydrogen) atoms. The maximum atomic E-state index is 11.9. The van der Waals surface area contributed by atoms with Gasteiger partial charge in [-0.25, -0.2) is 0 Å². The first kappa shape index (κ1) is 25.0. The van der Waals surface area contributed by atoms with Crippen LogP contribution in [-0.4, -0.2) is 29.7 Å². The third-order valence-corrected chi connectivity index (χ3v) is 6.90. The summed E-state index contributed by atoms with van der Waals surface area (Å²) in [7, 11) is 1.48. The van der Waals surface area contributed by atoms with Gasteiger partial charge in [0.1, 0.15) is 24.2 Å². The van der Waals surface area contributed by atoms with E-state index in [0.29, 0.717) is 21.6 Å². The number of aryl methyl sites for hydroxylation is 1. The standard InChI is InChI=1S/C28H25ClN4O3S/c1-17-6-7-18(15-21(17)29)23-12-13-24(36-23)27-26(22-5-3-4-14-30-22)32-28(37)33(27)20-10-8-19(9-11-20)31-25(34)16-35-2/h3-15,26-27H,16H2,1-2H3,(H,31,34)(H,32,37)/t26-,27+/m0/s1. The number of ether oxygens (including phenoxy) is 1. The van der Waals surface area contributed by atoms with Gasteiger partial charge in [-0.15, -0.1) is 0 Å². The first-order valence-electron chi connectivity index (χ1n) is 11.7. The summed E-state index contributed by atoms with van der Waals surface area (Å²) in [6.45, 7) is 1.96. The lowest BCUT2D eigenvalue weighted by Gasteiger charge is -2.26. The zero-order valence-electron chi connectivity index (χ0n) is 20.3. The van der Waals surface area contributed by atoms with Crippen molar-refractivity contribution in [2.45, 2.75) is 19.0 Å². The van der Waals surface area contributed by atoms with Gasteiger partial charge in [-0.1, -0.05) is 29.8 Å². The van der Waals surface area contributed by atoms with E-state index in [1.165, 1.54) is 7.11 Å². The van der Waals surface area contributed by atoms with Crippen molar-refractivity contribution in [1.29, 1.82) is 0 Å². The molecule has 0 saturated carbocycles. The van der Waals surface area contributed by atoms with Crippen LogP contribution in [0.3, 0.4) is 0 Å². The van der Waals surface area contributed by atoms with Gasteiger partial charge in [-0.05, 0) is 79.3 Å². The largest absolute Gasteiger partial charge is 0.459 e. The molecular weight excluding hydrogens is 508 g/mol.